The molecule has 0 saturated heterocycles. The highest BCUT2D eigenvalue weighted by Crippen LogP contribution is 2.56. The first-order valence-electron chi connectivity index (χ1n) is 10.0. The fourth-order valence-corrected chi connectivity index (χ4v) is 6.75. The predicted octanol–water partition coefficient (Wildman–Crippen LogP) is 3.15. The zero-order valence-corrected chi connectivity index (χ0v) is 16.7. The van der Waals surface area contributed by atoms with E-state index < -0.39 is 5.82 Å². The molecule has 3 N–H and O–H groups in total. The number of benzene rings is 1. The number of nitrogens with two attached hydrogens (primary N) is 1. The number of halogens is 1. The molecular formula is C21H23FN4O2S. The maximum absolute atomic E-state index is 14.6. The van der Waals surface area contributed by atoms with Crippen LogP contribution >= 0.6 is 11.8 Å². The molecule has 1 aromatic heterocycles. The summed E-state index contributed by atoms with van der Waals surface area (Å²) in [6.07, 6.45) is 3.58. The molecule has 2 aromatic rings. The molecule has 3 aliphatic rings. The van der Waals surface area contributed by atoms with Crippen molar-refractivity contribution in [1.29, 1.82) is 0 Å². The molecule has 2 saturated carbocycles. The van der Waals surface area contributed by atoms with Crippen molar-refractivity contribution in [3.63, 3.8) is 0 Å². The van der Waals surface area contributed by atoms with Crippen molar-refractivity contribution >= 4 is 29.3 Å². The number of nitrogens with zero attached hydrogens (tertiary/aromatic N) is 2. The first kappa shape index (κ1) is 18.7. The predicted molar refractivity (Wildman–Crippen MR) is 110 cm³/mol. The lowest BCUT2D eigenvalue weighted by Gasteiger charge is -2.34. The summed E-state index contributed by atoms with van der Waals surface area (Å²) in [5.74, 6) is 1.72. The second-order valence-electron chi connectivity index (χ2n) is 8.09. The minimum absolute atomic E-state index is 0.0214. The Morgan fingerprint density at radius 1 is 1.31 bits per heavy atom. The van der Waals surface area contributed by atoms with Gasteiger partial charge in [0.05, 0.1) is 18.5 Å². The molecule has 1 aliphatic heterocycles. The number of nitrogens with one attached hydrogen (secondary N) is 1. The average molecular weight is 415 g/mol. The minimum Gasteiger partial charge on any atom is -0.493 e. The number of amides is 1. The molecule has 2 fully saturated rings. The van der Waals surface area contributed by atoms with Crippen LogP contribution in [-0.2, 0) is 11.2 Å². The molecule has 0 radical (unpaired) electrons. The maximum atomic E-state index is 14.6. The van der Waals surface area contributed by atoms with Crippen molar-refractivity contribution in [2.75, 3.05) is 17.7 Å². The van der Waals surface area contributed by atoms with Gasteiger partial charge in [-0.2, -0.15) is 11.8 Å². The largest absolute Gasteiger partial charge is 0.493 e. The lowest BCUT2D eigenvalue weighted by Crippen LogP contribution is -2.39. The van der Waals surface area contributed by atoms with Gasteiger partial charge in [0.15, 0.2) is 5.82 Å². The Labute approximate surface area is 172 Å². The SMILES string of the molecule is NC(=O)[C@H]1[C@H]2C[C@H]3[C@H]1Cc1nc(ncc1F)Nc1cccc(c1)OCCS[C@@H]3C2. The Bertz CT molecular complexity index is 943. The minimum atomic E-state index is -0.438. The molecule has 8 heteroatoms. The van der Waals surface area contributed by atoms with E-state index in [9.17, 15) is 9.18 Å². The Balaban J connectivity index is 1.51. The van der Waals surface area contributed by atoms with Crippen LogP contribution in [0.15, 0.2) is 30.5 Å². The van der Waals surface area contributed by atoms with Crippen LogP contribution in [0.25, 0.3) is 0 Å². The quantitative estimate of drug-likeness (QED) is 0.745. The second kappa shape index (κ2) is 7.48. The summed E-state index contributed by atoms with van der Waals surface area (Å²) < 4.78 is 20.5. The second-order valence-corrected chi connectivity index (χ2v) is 9.44. The lowest BCUT2D eigenvalue weighted by molar-refractivity contribution is -0.125. The van der Waals surface area contributed by atoms with Gasteiger partial charge < -0.3 is 15.8 Å². The van der Waals surface area contributed by atoms with E-state index in [1.165, 1.54) is 6.20 Å². The van der Waals surface area contributed by atoms with Gasteiger partial charge in [0, 0.05) is 28.7 Å². The zero-order valence-electron chi connectivity index (χ0n) is 15.9. The van der Waals surface area contributed by atoms with Crippen molar-refractivity contribution < 1.29 is 13.9 Å². The number of hydrogen-bond donors (Lipinski definition) is 2. The van der Waals surface area contributed by atoms with Gasteiger partial charge in [0.25, 0.3) is 0 Å². The molecule has 5 rings (SSSR count). The molecular weight excluding hydrogens is 391 g/mol. The number of fused-ring (bicyclic) bond motifs is 5. The van der Waals surface area contributed by atoms with E-state index in [2.05, 4.69) is 15.3 Å². The summed E-state index contributed by atoms with van der Waals surface area (Å²) >= 11 is 1.90. The van der Waals surface area contributed by atoms with Gasteiger partial charge in [-0.15, -0.1) is 0 Å². The highest BCUT2D eigenvalue weighted by molar-refractivity contribution is 7.99. The van der Waals surface area contributed by atoms with Crippen molar-refractivity contribution in [2.45, 2.75) is 24.5 Å². The molecule has 1 aromatic carbocycles. The van der Waals surface area contributed by atoms with Crippen LogP contribution in [0.4, 0.5) is 16.0 Å². The van der Waals surface area contributed by atoms with Gasteiger partial charge in [-0.3, -0.25) is 4.79 Å². The van der Waals surface area contributed by atoms with Crippen LogP contribution in [0.5, 0.6) is 5.75 Å². The molecule has 2 heterocycles. The van der Waals surface area contributed by atoms with Crippen LogP contribution in [0.3, 0.4) is 0 Å². The van der Waals surface area contributed by atoms with Gasteiger partial charge in [0.1, 0.15) is 5.75 Å². The first-order chi connectivity index (χ1) is 14.1. The van der Waals surface area contributed by atoms with E-state index in [4.69, 9.17) is 10.5 Å². The third-order valence-electron chi connectivity index (χ3n) is 6.46. The number of ether oxygens (including phenoxy) is 1. The fourth-order valence-electron chi connectivity index (χ4n) is 5.32. The average Bonchev–Trinajstić information content (AvgIpc) is 3.26. The maximum Gasteiger partial charge on any atom is 0.227 e. The Morgan fingerprint density at radius 2 is 2.21 bits per heavy atom. The number of carbonyl (C=O) groups is 1. The molecule has 152 valence electrons. The monoisotopic (exact) mass is 414 g/mol. The van der Waals surface area contributed by atoms with Crippen molar-refractivity contribution in [2.24, 2.45) is 29.4 Å². The molecule has 29 heavy (non-hydrogen) atoms. The van der Waals surface area contributed by atoms with E-state index in [0.717, 1.165) is 30.0 Å². The van der Waals surface area contributed by atoms with Gasteiger partial charge in [-0.05, 0) is 49.1 Å². The normalized spacial score (nSPS) is 30.6. The molecule has 1 amide bonds. The summed E-state index contributed by atoms with van der Waals surface area (Å²) in [4.78, 5) is 20.7. The molecule has 2 aliphatic carbocycles. The van der Waals surface area contributed by atoms with E-state index in [-0.39, 0.29) is 23.7 Å². The number of carbonyl (C=O) groups excluding carboxylic acids is 1. The van der Waals surface area contributed by atoms with E-state index in [1.807, 2.05) is 36.0 Å². The van der Waals surface area contributed by atoms with Crippen LogP contribution in [-0.4, -0.2) is 33.5 Å². The summed E-state index contributed by atoms with van der Waals surface area (Å²) in [7, 11) is 0. The summed E-state index contributed by atoms with van der Waals surface area (Å²) in [6.45, 7) is 0.616. The van der Waals surface area contributed by atoms with Crippen LogP contribution in [0.1, 0.15) is 18.5 Å². The van der Waals surface area contributed by atoms with Crippen LogP contribution < -0.4 is 15.8 Å². The summed E-state index contributed by atoms with van der Waals surface area (Å²) in [6, 6.07) is 7.58. The van der Waals surface area contributed by atoms with Crippen molar-refractivity contribution in [1.82, 2.24) is 9.97 Å². The number of thioether (sulfide) groups is 1. The smallest absolute Gasteiger partial charge is 0.227 e. The standard InChI is InChI=1S/C21H23FN4O2S/c22-16-10-24-21-25-12-2-1-3-13(8-12)28-4-5-29-18-7-11-6-14(18)15(9-17(16)26-21)19(11)20(23)27/h1-3,8,10-11,14-15,18-19H,4-7,9H2,(H2,23,27)(H,24,25,26)/t11-,14-,15+,18+,19-/m0/s1. The van der Waals surface area contributed by atoms with Gasteiger partial charge in [0.2, 0.25) is 11.9 Å². The highest BCUT2D eigenvalue weighted by atomic mass is 32.2. The first-order valence-corrected chi connectivity index (χ1v) is 11.1. The zero-order chi connectivity index (χ0) is 20.0. The van der Waals surface area contributed by atoms with Gasteiger partial charge in [-0.25, -0.2) is 14.4 Å². The fraction of sp³-hybridized carbons (Fsp3) is 0.476. The van der Waals surface area contributed by atoms with E-state index in [0.29, 0.717) is 35.8 Å². The molecule has 0 unspecified atom stereocenters. The number of primary amides is 1. The lowest BCUT2D eigenvalue weighted by atomic mass is 9.76. The topological polar surface area (TPSA) is 90.1 Å². The number of hydrogen-bond acceptors (Lipinski definition) is 6. The molecule has 0 spiro atoms. The summed E-state index contributed by atoms with van der Waals surface area (Å²) in [5, 5.41) is 3.57. The third kappa shape index (κ3) is 3.54. The molecule has 5 atom stereocenters. The number of anilines is 2. The van der Waals surface area contributed by atoms with E-state index in [1.54, 1.807) is 0 Å². The number of rotatable bonds is 1. The highest BCUT2D eigenvalue weighted by Gasteiger charge is 2.54. The summed E-state index contributed by atoms with van der Waals surface area (Å²) in [5.41, 5.74) is 6.87. The Morgan fingerprint density at radius 3 is 3.07 bits per heavy atom. The number of aromatic nitrogens is 2. The van der Waals surface area contributed by atoms with Crippen LogP contribution in [0.2, 0.25) is 0 Å². The van der Waals surface area contributed by atoms with Crippen molar-refractivity contribution in [3.8, 4) is 5.75 Å². The van der Waals surface area contributed by atoms with Gasteiger partial charge in [-0.1, -0.05) is 6.07 Å². The van der Waals surface area contributed by atoms with Gasteiger partial charge >= 0.3 is 0 Å². The Kier molecular flexibility index (Phi) is 4.81. The Hall–Kier alpha value is -2.35. The molecule has 6 nitrogen and oxygen atoms in total. The molecule has 6 bridgehead atoms. The third-order valence-corrected chi connectivity index (χ3v) is 7.83. The van der Waals surface area contributed by atoms with E-state index >= 15 is 0 Å². The van der Waals surface area contributed by atoms with Crippen LogP contribution in [0, 0.1) is 29.5 Å². The van der Waals surface area contributed by atoms with Crippen molar-refractivity contribution in [3.05, 3.63) is 42.0 Å².